The molecule has 1 saturated carbocycles. The second-order valence-corrected chi connectivity index (χ2v) is 10.6. The summed E-state index contributed by atoms with van der Waals surface area (Å²) >= 11 is 5.87. The van der Waals surface area contributed by atoms with E-state index in [2.05, 4.69) is 10.4 Å². The van der Waals surface area contributed by atoms with Crippen molar-refractivity contribution in [2.45, 2.75) is 37.2 Å². The molecule has 2 heterocycles. The summed E-state index contributed by atoms with van der Waals surface area (Å²) in [5.41, 5.74) is 6.96. The molecule has 0 saturated heterocycles. The molecule has 9 nitrogen and oxygen atoms in total. The summed E-state index contributed by atoms with van der Waals surface area (Å²) in [7, 11) is -3.10. The second kappa shape index (κ2) is 7.79. The van der Waals surface area contributed by atoms with Gasteiger partial charge in [-0.3, -0.25) is 9.48 Å². The molecule has 31 heavy (non-hydrogen) atoms. The summed E-state index contributed by atoms with van der Waals surface area (Å²) in [6.07, 6.45) is 1.97. The average molecular weight is 470 g/mol. The Kier molecular flexibility index (Phi) is 5.42. The van der Waals surface area contributed by atoms with Crippen LogP contribution in [0.1, 0.15) is 28.9 Å². The van der Waals surface area contributed by atoms with Crippen molar-refractivity contribution in [1.82, 2.24) is 20.0 Å². The number of aromatic nitrogens is 2. The van der Waals surface area contributed by atoms with Crippen molar-refractivity contribution in [3.63, 3.8) is 0 Å². The fourth-order valence-corrected chi connectivity index (χ4v) is 5.24. The first-order valence-corrected chi connectivity index (χ1v) is 12.0. The highest BCUT2D eigenvalue weighted by atomic mass is 35.5. The van der Waals surface area contributed by atoms with Crippen LogP contribution in [0.15, 0.2) is 18.2 Å². The Labute approximate surface area is 183 Å². The van der Waals surface area contributed by atoms with Gasteiger partial charge in [-0.25, -0.2) is 17.6 Å². The fraction of sp³-hybridized carbons (Fsp3) is 0.421. The molecule has 166 valence electrons. The molecular formula is C19H21ClFN5O4S. The molecule has 3 amide bonds. The van der Waals surface area contributed by atoms with Gasteiger partial charge in [0.2, 0.25) is 0 Å². The van der Waals surface area contributed by atoms with Crippen LogP contribution in [0.25, 0.3) is 11.3 Å². The predicted octanol–water partition coefficient (Wildman–Crippen LogP) is 1.54. The molecule has 0 bridgehead atoms. The van der Waals surface area contributed by atoms with Gasteiger partial charge in [0.05, 0.1) is 34.6 Å². The van der Waals surface area contributed by atoms with Gasteiger partial charge in [-0.1, -0.05) is 11.6 Å². The van der Waals surface area contributed by atoms with E-state index in [1.54, 1.807) is 4.68 Å². The highest BCUT2D eigenvalue weighted by Crippen LogP contribution is 2.31. The molecule has 1 aromatic carbocycles. The van der Waals surface area contributed by atoms with Crippen molar-refractivity contribution in [1.29, 1.82) is 0 Å². The second-order valence-electron chi connectivity index (χ2n) is 7.88. The molecule has 4 rings (SSSR count). The van der Waals surface area contributed by atoms with Crippen LogP contribution in [0.2, 0.25) is 5.02 Å². The molecule has 1 fully saturated rings. The summed E-state index contributed by atoms with van der Waals surface area (Å²) in [5, 5.41) is 6.75. The lowest BCUT2D eigenvalue weighted by molar-refractivity contribution is 0.0997. The Balaban J connectivity index is 1.53. The maximum atomic E-state index is 13.5. The van der Waals surface area contributed by atoms with E-state index in [0.29, 0.717) is 37.2 Å². The maximum absolute atomic E-state index is 13.5. The monoisotopic (exact) mass is 469 g/mol. The first-order valence-electron chi connectivity index (χ1n) is 9.63. The van der Waals surface area contributed by atoms with E-state index in [1.165, 1.54) is 29.4 Å². The number of hydrogen-bond acceptors (Lipinski definition) is 5. The molecule has 0 unspecified atom stereocenters. The first-order chi connectivity index (χ1) is 14.5. The van der Waals surface area contributed by atoms with Crippen LogP contribution in [0.3, 0.4) is 0 Å². The van der Waals surface area contributed by atoms with Gasteiger partial charge in [0.15, 0.2) is 0 Å². The number of halogens is 2. The quantitative estimate of drug-likeness (QED) is 0.702. The first kappa shape index (κ1) is 21.6. The molecule has 2 aromatic rings. The van der Waals surface area contributed by atoms with E-state index in [0.717, 1.165) is 0 Å². The van der Waals surface area contributed by atoms with E-state index in [9.17, 15) is 22.4 Å². The highest BCUT2D eigenvalue weighted by Gasteiger charge is 2.38. The number of primary amides is 1. The number of fused-ring (bicyclic) bond motifs is 1. The number of amides is 3. The third-order valence-electron chi connectivity index (χ3n) is 5.73. The normalized spacial score (nSPS) is 20.7. The molecular weight excluding hydrogens is 449 g/mol. The van der Waals surface area contributed by atoms with Crippen molar-refractivity contribution >= 4 is 33.4 Å². The Hall–Kier alpha value is -2.66. The SMILES string of the molecule is CS(=O)(=O)C1CC(NC(=O)N2CCn3nc(-c4ccc(F)c(Cl)c4)c(C(N)=O)c3C2)C1. The minimum absolute atomic E-state index is 0.104. The largest absolute Gasteiger partial charge is 0.365 e. The van der Waals surface area contributed by atoms with Crippen molar-refractivity contribution in [2.75, 3.05) is 12.8 Å². The van der Waals surface area contributed by atoms with Crippen LogP contribution in [0.4, 0.5) is 9.18 Å². The van der Waals surface area contributed by atoms with E-state index >= 15 is 0 Å². The number of hydrogen-bond donors (Lipinski definition) is 2. The van der Waals surface area contributed by atoms with E-state index in [1.807, 2.05) is 0 Å². The smallest absolute Gasteiger partial charge is 0.318 e. The summed E-state index contributed by atoms with van der Waals surface area (Å²) < 4.78 is 38.2. The Morgan fingerprint density at radius 1 is 1.29 bits per heavy atom. The van der Waals surface area contributed by atoms with Crippen LogP contribution in [0, 0.1) is 5.82 Å². The number of sulfone groups is 1. The number of nitrogens with zero attached hydrogens (tertiary/aromatic N) is 3. The third-order valence-corrected chi connectivity index (χ3v) is 7.62. The minimum atomic E-state index is -3.10. The summed E-state index contributed by atoms with van der Waals surface area (Å²) in [6.45, 7) is 0.799. The standard InChI is InChI=1S/C19H21ClFN5O4S/c1-31(29,30)12-7-11(8-12)23-19(28)25-4-5-26-15(9-25)16(18(22)27)17(24-26)10-2-3-14(21)13(20)6-10/h2-3,6,11-12H,4-5,7-9H2,1H3,(H2,22,27)(H,23,28). The number of urea groups is 1. The van der Waals surface area contributed by atoms with Crippen molar-refractivity contribution < 1.29 is 22.4 Å². The molecule has 2 aliphatic rings. The maximum Gasteiger partial charge on any atom is 0.318 e. The molecule has 12 heteroatoms. The number of carbonyl (C=O) groups is 2. The zero-order valence-electron chi connectivity index (χ0n) is 16.6. The number of rotatable bonds is 4. The zero-order chi connectivity index (χ0) is 22.5. The Morgan fingerprint density at radius 2 is 2.00 bits per heavy atom. The van der Waals surface area contributed by atoms with Crippen LogP contribution in [-0.2, 0) is 22.9 Å². The third kappa shape index (κ3) is 4.11. The molecule has 0 radical (unpaired) electrons. The van der Waals surface area contributed by atoms with Gasteiger partial charge >= 0.3 is 6.03 Å². The number of benzene rings is 1. The van der Waals surface area contributed by atoms with Gasteiger partial charge in [0.25, 0.3) is 5.91 Å². The van der Waals surface area contributed by atoms with Gasteiger partial charge in [0.1, 0.15) is 21.3 Å². The number of nitrogens with two attached hydrogens (primary N) is 1. The molecule has 0 atom stereocenters. The zero-order valence-corrected chi connectivity index (χ0v) is 18.2. The lowest BCUT2D eigenvalue weighted by atomic mass is 9.92. The fourth-order valence-electron chi connectivity index (χ4n) is 3.89. The topological polar surface area (TPSA) is 127 Å². The van der Waals surface area contributed by atoms with Gasteiger partial charge < -0.3 is 16.0 Å². The van der Waals surface area contributed by atoms with Gasteiger partial charge in [-0.15, -0.1) is 0 Å². The lowest BCUT2D eigenvalue weighted by Crippen LogP contribution is -2.54. The van der Waals surface area contributed by atoms with E-state index in [4.69, 9.17) is 17.3 Å². The van der Waals surface area contributed by atoms with Crippen LogP contribution >= 0.6 is 11.6 Å². The van der Waals surface area contributed by atoms with Gasteiger partial charge in [-0.05, 0) is 31.0 Å². The van der Waals surface area contributed by atoms with Crippen molar-refractivity contribution in [3.8, 4) is 11.3 Å². The van der Waals surface area contributed by atoms with Crippen molar-refractivity contribution in [3.05, 3.63) is 40.3 Å². The predicted molar refractivity (Wildman–Crippen MR) is 112 cm³/mol. The molecule has 1 aromatic heterocycles. The summed E-state index contributed by atoms with van der Waals surface area (Å²) in [6, 6.07) is 3.47. The Morgan fingerprint density at radius 3 is 2.61 bits per heavy atom. The number of nitrogens with one attached hydrogen (secondary N) is 1. The highest BCUT2D eigenvalue weighted by molar-refractivity contribution is 7.91. The van der Waals surface area contributed by atoms with Gasteiger partial charge in [-0.2, -0.15) is 5.10 Å². The lowest BCUT2D eigenvalue weighted by Gasteiger charge is -2.37. The Bertz CT molecular complexity index is 1180. The summed E-state index contributed by atoms with van der Waals surface area (Å²) in [5.74, 6) is -1.30. The molecule has 0 spiro atoms. The van der Waals surface area contributed by atoms with E-state index in [-0.39, 0.29) is 34.9 Å². The van der Waals surface area contributed by atoms with Crippen LogP contribution in [0.5, 0.6) is 0 Å². The van der Waals surface area contributed by atoms with Crippen LogP contribution in [-0.4, -0.2) is 59.1 Å². The summed E-state index contributed by atoms with van der Waals surface area (Å²) in [4.78, 5) is 26.4. The molecule has 1 aliphatic carbocycles. The average Bonchev–Trinajstić information content (AvgIpc) is 3.04. The van der Waals surface area contributed by atoms with E-state index < -0.39 is 26.8 Å². The van der Waals surface area contributed by atoms with Crippen molar-refractivity contribution in [2.24, 2.45) is 5.73 Å². The molecule has 3 N–H and O–H groups in total. The van der Waals surface area contributed by atoms with Crippen LogP contribution < -0.4 is 11.1 Å². The minimum Gasteiger partial charge on any atom is -0.365 e. The number of carbonyl (C=O) groups excluding carboxylic acids is 2. The molecule has 1 aliphatic heterocycles. The van der Waals surface area contributed by atoms with Gasteiger partial charge in [0, 0.05) is 24.4 Å².